The largest absolute Gasteiger partial charge is 0.342 e. The highest BCUT2D eigenvalue weighted by atomic mass is 16.2. The van der Waals surface area contributed by atoms with Crippen LogP contribution in [0.25, 0.3) is 0 Å². The number of amides is 1. The van der Waals surface area contributed by atoms with Gasteiger partial charge in [-0.25, -0.2) is 0 Å². The molecule has 5 heteroatoms. The highest BCUT2D eigenvalue weighted by molar-refractivity contribution is 5.78. The van der Waals surface area contributed by atoms with Crippen molar-refractivity contribution < 1.29 is 4.79 Å². The van der Waals surface area contributed by atoms with Crippen molar-refractivity contribution in [3.63, 3.8) is 0 Å². The quantitative estimate of drug-likeness (QED) is 0.845. The summed E-state index contributed by atoms with van der Waals surface area (Å²) in [5.41, 5.74) is 6.90. The Kier molecular flexibility index (Phi) is 4.87. The van der Waals surface area contributed by atoms with Gasteiger partial charge in [-0.2, -0.15) is 0 Å². The van der Waals surface area contributed by atoms with E-state index >= 15 is 0 Å². The molecule has 0 aromatic carbocycles. The second-order valence-electron chi connectivity index (χ2n) is 5.04. The molecule has 0 saturated carbocycles. The van der Waals surface area contributed by atoms with E-state index in [0.717, 1.165) is 31.5 Å². The molecule has 0 spiro atoms. The predicted octanol–water partition coefficient (Wildman–Crippen LogP) is 0.636. The molecule has 1 fully saturated rings. The Morgan fingerprint density at radius 2 is 2.26 bits per heavy atom. The third-order valence-electron chi connectivity index (χ3n) is 3.67. The zero-order valence-corrected chi connectivity index (χ0v) is 11.5. The Hall–Kier alpha value is -1.46. The third kappa shape index (κ3) is 3.52. The van der Waals surface area contributed by atoms with Crippen LogP contribution < -0.4 is 5.73 Å². The van der Waals surface area contributed by atoms with E-state index in [0.29, 0.717) is 13.1 Å². The third-order valence-corrected chi connectivity index (χ3v) is 3.67. The number of pyridine rings is 1. The van der Waals surface area contributed by atoms with Gasteiger partial charge in [-0.3, -0.25) is 14.7 Å². The molecule has 2 heterocycles. The van der Waals surface area contributed by atoms with Crippen LogP contribution >= 0.6 is 0 Å². The number of carbonyl (C=O) groups is 1. The molecular formula is C14H22N4O. The second kappa shape index (κ2) is 6.63. The van der Waals surface area contributed by atoms with Gasteiger partial charge in [-0.15, -0.1) is 0 Å². The van der Waals surface area contributed by atoms with Gasteiger partial charge in [0, 0.05) is 38.1 Å². The molecule has 1 amide bonds. The summed E-state index contributed by atoms with van der Waals surface area (Å²) in [5, 5.41) is 0. The van der Waals surface area contributed by atoms with Crippen LogP contribution in [0, 0.1) is 0 Å². The fourth-order valence-electron chi connectivity index (χ4n) is 2.53. The second-order valence-corrected chi connectivity index (χ2v) is 5.04. The summed E-state index contributed by atoms with van der Waals surface area (Å²) >= 11 is 0. The standard InChI is InChI=1S/C14H22N4O/c1-17(11-14(19)18-7-2-3-8-18)13(9-15)12-5-4-6-16-10-12/h4-6,10,13H,2-3,7-9,11,15H2,1H3. The molecule has 5 nitrogen and oxygen atoms in total. The lowest BCUT2D eigenvalue weighted by molar-refractivity contribution is -0.131. The van der Waals surface area contributed by atoms with Gasteiger partial charge in [0.15, 0.2) is 0 Å². The van der Waals surface area contributed by atoms with Gasteiger partial charge in [0.1, 0.15) is 0 Å². The predicted molar refractivity (Wildman–Crippen MR) is 74.5 cm³/mol. The van der Waals surface area contributed by atoms with Crippen LogP contribution in [0.3, 0.4) is 0 Å². The molecule has 1 aliphatic rings. The van der Waals surface area contributed by atoms with Gasteiger partial charge in [-0.1, -0.05) is 6.07 Å². The monoisotopic (exact) mass is 262 g/mol. The van der Waals surface area contributed by atoms with Crippen LogP contribution in [0.2, 0.25) is 0 Å². The lowest BCUT2D eigenvalue weighted by Crippen LogP contribution is -2.40. The molecule has 2 rings (SSSR count). The van der Waals surface area contributed by atoms with E-state index in [-0.39, 0.29) is 11.9 Å². The van der Waals surface area contributed by atoms with Crippen molar-refractivity contribution in [2.75, 3.05) is 33.2 Å². The van der Waals surface area contributed by atoms with Crippen molar-refractivity contribution in [3.8, 4) is 0 Å². The van der Waals surface area contributed by atoms with Crippen LogP contribution in [0.15, 0.2) is 24.5 Å². The van der Waals surface area contributed by atoms with E-state index in [2.05, 4.69) is 4.98 Å². The fourth-order valence-corrected chi connectivity index (χ4v) is 2.53. The van der Waals surface area contributed by atoms with E-state index < -0.39 is 0 Å². The molecule has 0 aliphatic carbocycles. The number of nitrogens with two attached hydrogens (primary N) is 1. The minimum Gasteiger partial charge on any atom is -0.342 e. The lowest BCUT2D eigenvalue weighted by Gasteiger charge is -2.28. The van der Waals surface area contributed by atoms with Gasteiger partial charge in [0.2, 0.25) is 5.91 Å². The molecule has 2 N–H and O–H groups in total. The number of likely N-dealkylation sites (N-methyl/N-ethyl adjacent to an activating group) is 1. The van der Waals surface area contributed by atoms with Crippen LogP contribution in [0.1, 0.15) is 24.4 Å². The van der Waals surface area contributed by atoms with Gasteiger partial charge in [-0.05, 0) is 31.5 Å². The Morgan fingerprint density at radius 1 is 1.53 bits per heavy atom. The van der Waals surface area contributed by atoms with Gasteiger partial charge in [0.25, 0.3) is 0 Å². The maximum absolute atomic E-state index is 12.1. The summed E-state index contributed by atoms with van der Waals surface area (Å²) in [4.78, 5) is 20.2. The molecule has 1 aromatic rings. The first-order valence-electron chi connectivity index (χ1n) is 6.80. The van der Waals surface area contributed by atoms with Crippen molar-refractivity contribution in [1.82, 2.24) is 14.8 Å². The Bertz CT molecular complexity index is 403. The van der Waals surface area contributed by atoms with Gasteiger partial charge in [0.05, 0.1) is 6.54 Å². The average molecular weight is 262 g/mol. The van der Waals surface area contributed by atoms with E-state index in [1.54, 1.807) is 6.20 Å². The molecule has 1 aliphatic heterocycles. The summed E-state index contributed by atoms with van der Waals surface area (Å²) < 4.78 is 0. The maximum atomic E-state index is 12.1. The highest BCUT2D eigenvalue weighted by Gasteiger charge is 2.23. The van der Waals surface area contributed by atoms with Crippen LogP contribution in [0.4, 0.5) is 0 Å². The van der Waals surface area contributed by atoms with E-state index in [4.69, 9.17) is 5.73 Å². The summed E-state index contributed by atoms with van der Waals surface area (Å²) in [7, 11) is 1.94. The zero-order valence-electron chi connectivity index (χ0n) is 11.5. The van der Waals surface area contributed by atoms with Crippen molar-refractivity contribution >= 4 is 5.91 Å². The topological polar surface area (TPSA) is 62.5 Å². The highest BCUT2D eigenvalue weighted by Crippen LogP contribution is 2.17. The number of likely N-dealkylation sites (tertiary alicyclic amines) is 1. The van der Waals surface area contributed by atoms with E-state index in [1.807, 2.05) is 35.2 Å². The maximum Gasteiger partial charge on any atom is 0.236 e. The molecule has 1 aromatic heterocycles. The number of aromatic nitrogens is 1. The molecule has 1 atom stereocenters. The minimum atomic E-state index is 0.0419. The molecule has 0 bridgehead atoms. The van der Waals surface area contributed by atoms with Crippen molar-refractivity contribution in [2.45, 2.75) is 18.9 Å². The molecular weight excluding hydrogens is 240 g/mol. The summed E-state index contributed by atoms with van der Waals surface area (Å²) in [6.07, 6.45) is 5.80. The number of carbonyl (C=O) groups excluding carboxylic acids is 1. The number of hydrogen-bond acceptors (Lipinski definition) is 4. The summed E-state index contributed by atoms with van der Waals surface area (Å²) in [6.45, 7) is 2.69. The van der Waals surface area contributed by atoms with Crippen LogP contribution in [-0.4, -0.2) is 53.9 Å². The van der Waals surface area contributed by atoms with Gasteiger partial charge < -0.3 is 10.6 Å². The first-order chi connectivity index (χ1) is 9.22. The number of nitrogens with zero attached hydrogens (tertiary/aromatic N) is 3. The Balaban J connectivity index is 1.97. The SMILES string of the molecule is CN(CC(=O)N1CCCC1)C(CN)c1cccnc1. The van der Waals surface area contributed by atoms with Crippen molar-refractivity contribution in [2.24, 2.45) is 5.73 Å². The minimum absolute atomic E-state index is 0.0419. The molecule has 1 saturated heterocycles. The fraction of sp³-hybridized carbons (Fsp3) is 0.571. The molecule has 0 radical (unpaired) electrons. The van der Waals surface area contributed by atoms with Gasteiger partial charge >= 0.3 is 0 Å². The van der Waals surface area contributed by atoms with Crippen LogP contribution in [0.5, 0.6) is 0 Å². The first-order valence-corrected chi connectivity index (χ1v) is 6.80. The number of hydrogen-bond donors (Lipinski definition) is 1. The van der Waals surface area contributed by atoms with Crippen molar-refractivity contribution in [1.29, 1.82) is 0 Å². The van der Waals surface area contributed by atoms with E-state index in [9.17, 15) is 4.79 Å². The molecule has 104 valence electrons. The summed E-state index contributed by atoms with van der Waals surface area (Å²) in [5.74, 6) is 0.197. The average Bonchev–Trinajstić information content (AvgIpc) is 2.94. The Labute approximate surface area is 114 Å². The normalized spacial score (nSPS) is 16.9. The van der Waals surface area contributed by atoms with Crippen LogP contribution in [-0.2, 0) is 4.79 Å². The first kappa shape index (κ1) is 14.0. The summed E-state index contributed by atoms with van der Waals surface area (Å²) in [6, 6.07) is 3.94. The lowest BCUT2D eigenvalue weighted by atomic mass is 10.1. The Morgan fingerprint density at radius 3 is 2.84 bits per heavy atom. The van der Waals surface area contributed by atoms with E-state index in [1.165, 1.54) is 0 Å². The molecule has 19 heavy (non-hydrogen) atoms. The van der Waals surface area contributed by atoms with Crippen molar-refractivity contribution in [3.05, 3.63) is 30.1 Å². The zero-order chi connectivity index (χ0) is 13.7. The molecule has 1 unspecified atom stereocenters. The number of rotatable bonds is 5. The smallest absolute Gasteiger partial charge is 0.236 e.